The lowest BCUT2D eigenvalue weighted by atomic mass is 9.93. The molecule has 3 heteroatoms. The van der Waals surface area contributed by atoms with Gasteiger partial charge in [-0.25, -0.2) is 0 Å². The van der Waals surface area contributed by atoms with E-state index in [1.54, 1.807) is 0 Å². The van der Waals surface area contributed by atoms with Gasteiger partial charge in [0.1, 0.15) is 0 Å². The average Bonchev–Trinajstić information content (AvgIpc) is 2.17. The number of nitrogens with one attached hydrogen (secondary N) is 1. The summed E-state index contributed by atoms with van der Waals surface area (Å²) in [6.07, 6.45) is 2.25. The van der Waals surface area contributed by atoms with Gasteiger partial charge in [-0.05, 0) is 66.2 Å². The summed E-state index contributed by atoms with van der Waals surface area (Å²) in [4.78, 5) is 2.39. The van der Waals surface area contributed by atoms with Gasteiger partial charge in [-0.15, -0.1) is 0 Å². The third-order valence-corrected chi connectivity index (χ3v) is 3.73. The van der Waals surface area contributed by atoms with Crippen LogP contribution in [0.3, 0.4) is 0 Å². The van der Waals surface area contributed by atoms with Crippen LogP contribution in [0.2, 0.25) is 0 Å². The SMILES string of the molecule is CC(O)C(C)(C)NCC1CCN(C)CC1. The second-order valence-corrected chi connectivity index (χ2v) is 5.53. The van der Waals surface area contributed by atoms with E-state index in [9.17, 15) is 5.11 Å². The van der Waals surface area contributed by atoms with Crippen LogP contribution in [-0.4, -0.2) is 48.3 Å². The largest absolute Gasteiger partial charge is 0.392 e. The zero-order valence-electron chi connectivity index (χ0n) is 10.6. The standard InChI is InChI=1S/C12H26N2O/c1-10(15)12(2,3)13-9-11-5-7-14(4)8-6-11/h10-11,13,15H,5-9H2,1-4H3. The molecule has 0 amide bonds. The molecular weight excluding hydrogens is 188 g/mol. The Hall–Kier alpha value is -0.120. The Morgan fingerprint density at radius 1 is 1.40 bits per heavy atom. The second kappa shape index (κ2) is 5.28. The highest BCUT2D eigenvalue weighted by Gasteiger charge is 2.25. The van der Waals surface area contributed by atoms with Gasteiger partial charge in [-0.1, -0.05) is 0 Å². The number of rotatable bonds is 4. The zero-order valence-corrected chi connectivity index (χ0v) is 10.6. The number of hydrogen-bond donors (Lipinski definition) is 2. The third-order valence-electron chi connectivity index (χ3n) is 3.73. The summed E-state index contributed by atoms with van der Waals surface area (Å²) in [6.45, 7) is 9.43. The zero-order chi connectivity index (χ0) is 11.5. The predicted octanol–water partition coefficient (Wildman–Crippen LogP) is 1.08. The van der Waals surface area contributed by atoms with Crippen LogP contribution in [0, 0.1) is 5.92 Å². The molecule has 1 heterocycles. The minimum Gasteiger partial charge on any atom is -0.392 e. The van der Waals surface area contributed by atoms with Gasteiger partial charge in [0.25, 0.3) is 0 Å². The van der Waals surface area contributed by atoms with Gasteiger partial charge in [0, 0.05) is 5.54 Å². The molecule has 1 atom stereocenters. The molecule has 0 aliphatic carbocycles. The molecule has 0 aromatic rings. The van der Waals surface area contributed by atoms with E-state index in [0.29, 0.717) is 0 Å². The first-order valence-corrected chi connectivity index (χ1v) is 6.03. The average molecular weight is 214 g/mol. The van der Waals surface area contributed by atoms with Crippen molar-refractivity contribution in [2.24, 2.45) is 5.92 Å². The number of likely N-dealkylation sites (tertiary alicyclic amines) is 1. The Balaban J connectivity index is 2.25. The molecule has 0 aromatic heterocycles. The lowest BCUT2D eigenvalue weighted by molar-refractivity contribution is 0.0895. The first-order valence-electron chi connectivity index (χ1n) is 6.03. The van der Waals surface area contributed by atoms with Gasteiger partial charge < -0.3 is 15.3 Å². The minimum atomic E-state index is -0.302. The van der Waals surface area contributed by atoms with Crippen LogP contribution in [0.4, 0.5) is 0 Å². The van der Waals surface area contributed by atoms with Crippen molar-refractivity contribution in [3.8, 4) is 0 Å². The number of nitrogens with zero attached hydrogens (tertiary/aromatic N) is 1. The first-order chi connectivity index (χ1) is 6.92. The summed E-state index contributed by atoms with van der Waals surface area (Å²) < 4.78 is 0. The highest BCUT2D eigenvalue weighted by atomic mass is 16.3. The Labute approximate surface area is 93.9 Å². The van der Waals surface area contributed by atoms with Crippen LogP contribution < -0.4 is 5.32 Å². The lowest BCUT2D eigenvalue weighted by Crippen LogP contribution is -2.50. The fourth-order valence-electron chi connectivity index (χ4n) is 1.82. The van der Waals surface area contributed by atoms with E-state index >= 15 is 0 Å². The molecule has 0 aromatic carbocycles. The fourth-order valence-corrected chi connectivity index (χ4v) is 1.82. The monoisotopic (exact) mass is 214 g/mol. The van der Waals surface area contributed by atoms with E-state index in [0.717, 1.165) is 12.5 Å². The minimum absolute atomic E-state index is 0.163. The van der Waals surface area contributed by atoms with E-state index in [2.05, 4.69) is 31.1 Å². The van der Waals surface area contributed by atoms with Crippen LogP contribution in [0.5, 0.6) is 0 Å². The molecule has 1 aliphatic heterocycles. The first kappa shape index (κ1) is 12.9. The smallest absolute Gasteiger partial charge is 0.0688 e. The second-order valence-electron chi connectivity index (χ2n) is 5.53. The van der Waals surface area contributed by atoms with Crippen LogP contribution in [0.25, 0.3) is 0 Å². The molecule has 1 fully saturated rings. The van der Waals surface area contributed by atoms with E-state index in [4.69, 9.17) is 0 Å². The maximum Gasteiger partial charge on any atom is 0.0688 e. The van der Waals surface area contributed by atoms with Crippen molar-refractivity contribution in [2.45, 2.75) is 45.3 Å². The highest BCUT2D eigenvalue weighted by Crippen LogP contribution is 2.17. The normalized spacial score (nSPS) is 23.0. The van der Waals surface area contributed by atoms with Crippen molar-refractivity contribution in [2.75, 3.05) is 26.7 Å². The maximum absolute atomic E-state index is 9.58. The molecule has 0 spiro atoms. The van der Waals surface area contributed by atoms with E-state index < -0.39 is 0 Å². The van der Waals surface area contributed by atoms with Crippen LogP contribution in [0.1, 0.15) is 33.6 Å². The number of aliphatic hydroxyl groups is 1. The Kier molecular flexibility index (Phi) is 4.56. The van der Waals surface area contributed by atoms with Crippen molar-refractivity contribution in [3.05, 3.63) is 0 Å². The lowest BCUT2D eigenvalue weighted by Gasteiger charge is -2.34. The summed E-state index contributed by atoms with van der Waals surface area (Å²) in [5.41, 5.74) is -0.163. The molecule has 2 N–H and O–H groups in total. The number of piperidine rings is 1. The van der Waals surface area contributed by atoms with Gasteiger partial charge in [-0.2, -0.15) is 0 Å². The summed E-state index contributed by atoms with van der Waals surface area (Å²) in [5, 5.41) is 13.1. The van der Waals surface area contributed by atoms with Gasteiger partial charge >= 0.3 is 0 Å². The quantitative estimate of drug-likeness (QED) is 0.735. The topological polar surface area (TPSA) is 35.5 Å². The van der Waals surface area contributed by atoms with E-state index in [-0.39, 0.29) is 11.6 Å². The molecule has 1 rings (SSSR count). The molecule has 3 nitrogen and oxygen atoms in total. The molecule has 15 heavy (non-hydrogen) atoms. The Morgan fingerprint density at radius 3 is 2.40 bits per heavy atom. The summed E-state index contributed by atoms with van der Waals surface area (Å²) in [7, 11) is 2.18. The number of hydrogen-bond acceptors (Lipinski definition) is 3. The van der Waals surface area contributed by atoms with Crippen molar-refractivity contribution >= 4 is 0 Å². The van der Waals surface area contributed by atoms with Gasteiger partial charge in [0.15, 0.2) is 0 Å². The molecule has 1 saturated heterocycles. The van der Waals surface area contributed by atoms with Crippen molar-refractivity contribution in [1.82, 2.24) is 10.2 Å². The molecule has 0 bridgehead atoms. The molecule has 1 aliphatic rings. The van der Waals surface area contributed by atoms with Crippen molar-refractivity contribution in [1.29, 1.82) is 0 Å². The van der Waals surface area contributed by atoms with Crippen molar-refractivity contribution in [3.63, 3.8) is 0 Å². The Bertz CT molecular complexity index is 184. The van der Waals surface area contributed by atoms with Crippen LogP contribution in [0.15, 0.2) is 0 Å². The summed E-state index contributed by atoms with van der Waals surface area (Å²) in [5.74, 6) is 0.777. The molecule has 0 saturated carbocycles. The highest BCUT2D eigenvalue weighted by molar-refractivity contribution is 4.84. The number of aliphatic hydroxyl groups excluding tert-OH is 1. The van der Waals surface area contributed by atoms with E-state index in [1.165, 1.54) is 25.9 Å². The predicted molar refractivity (Wildman–Crippen MR) is 64.0 cm³/mol. The third kappa shape index (κ3) is 4.09. The van der Waals surface area contributed by atoms with Gasteiger partial charge in [-0.3, -0.25) is 0 Å². The Morgan fingerprint density at radius 2 is 1.93 bits per heavy atom. The van der Waals surface area contributed by atoms with E-state index in [1.807, 2.05) is 6.92 Å². The van der Waals surface area contributed by atoms with Crippen LogP contribution >= 0.6 is 0 Å². The molecule has 1 unspecified atom stereocenters. The van der Waals surface area contributed by atoms with Crippen molar-refractivity contribution < 1.29 is 5.11 Å². The summed E-state index contributed by atoms with van der Waals surface area (Å²) in [6, 6.07) is 0. The molecule has 0 radical (unpaired) electrons. The maximum atomic E-state index is 9.58. The molecule has 90 valence electrons. The fraction of sp³-hybridized carbons (Fsp3) is 1.00. The van der Waals surface area contributed by atoms with Crippen LogP contribution in [-0.2, 0) is 0 Å². The molecular formula is C12H26N2O. The summed E-state index contributed by atoms with van der Waals surface area (Å²) >= 11 is 0. The van der Waals surface area contributed by atoms with Gasteiger partial charge in [0.2, 0.25) is 0 Å². The van der Waals surface area contributed by atoms with Gasteiger partial charge in [0.05, 0.1) is 6.10 Å².